The molecule has 3 heteroatoms. The Bertz CT molecular complexity index is 299. The topological polar surface area (TPSA) is 35.2 Å². The molecular weight excluding hydrogens is 242 g/mol. The van der Waals surface area contributed by atoms with Gasteiger partial charge in [-0.15, -0.1) is 0 Å². The lowest BCUT2D eigenvalue weighted by Gasteiger charge is -2.10. The number of hydrogen-bond donors (Lipinski definition) is 1. The monoisotopic (exact) mass is 257 g/mol. The van der Waals surface area contributed by atoms with E-state index in [4.69, 9.17) is 10.5 Å². The van der Waals surface area contributed by atoms with Crippen LogP contribution in [0.5, 0.6) is 5.75 Å². The van der Waals surface area contributed by atoms with Gasteiger partial charge in [0.05, 0.1) is 11.1 Å². The molecule has 0 aromatic heterocycles. The molecule has 78 valence electrons. The van der Waals surface area contributed by atoms with Crippen molar-refractivity contribution in [2.75, 3.05) is 6.61 Å². The summed E-state index contributed by atoms with van der Waals surface area (Å²) in [5, 5.41) is 0. The van der Waals surface area contributed by atoms with Crippen LogP contribution < -0.4 is 10.5 Å². The smallest absolute Gasteiger partial charge is 0.133 e. The zero-order valence-corrected chi connectivity index (χ0v) is 10.2. The SMILES string of the molecule is CCCOc1ccc([C@@H](C)N)cc1Br. The molecule has 2 N–H and O–H groups in total. The Morgan fingerprint density at radius 2 is 2.21 bits per heavy atom. The second-order valence-corrected chi connectivity index (χ2v) is 4.18. The number of benzene rings is 1. The molecule has 1 aromatic carbocycles. The van der Waals surface area contributed by atoms with Crippen molar-refractivity contribution in [3.05, 3.63) is 28.2 Å². The van der Waals surface area contributed by atoms with Crippen molar-refractivity contribution >= 4 is 15.9 Å². The second-order valence-electron chi connectivity index (χ2n) is 3.33. The lowest BCUT2D eigenvalue weighted by Crippen LogP contribution is -2.05. The van der Waals surface area contributed by atoms with E-state index in [9.17, 15) is 0 Å². The fraction of sp³-hybridized carbons (Fsp3) is 0.455. The van der Waals surface area contributed by atoms with Gasteiger partial charge in [-0.25, -0.2) is 0 Å². The van der Waals surface area contributed by atoms with Crippen molar-refractivity contribution in [2.45, 2.75) is 26.3 Å². The van der Waals surface area contributed by atoms with Crippen LogP contribution in [0, 0.1) is 0 Å². The maximum atomic E-state index is 5.77. The van der Waals surface area contributed by atoms with Crippen LogP contribution in [0.15, 0.2) is 22.7 Å². The predicted octanol–water partition coefficient (Wildman–Crippen LogP) is 3.26. The molecule has 0 unspecified atom stereocenters. The minimum Gasteiger partial charge on any atom is -0.492 e. The van der Waals surface area contributed by atoms with E-state index in [1.165, 1.54) is 0 Å². The molecule has 0 aliphatic carbocycles. The molecule has 0 radical (unpaired) electrons. The molecule has 0 fully saturated rings. The summed E-state index contributed by atoms with van der Waals surface area (Å²) in [4.78, 5) is 0. The third-order valence-corrected chi connectivity index (χ3v) is 2.56. The summed E-state index contributed by atoms with van der Waals surface area (Å²) in [6.07, 6.45) is 1.02. The van der Waals surface area contributed by atoms with E-state index >= 15 is 0 Å². The molecule has 2 nitrogen and oxygen atoms in total. The number of rotatable bonds is 4. The van der Waals surface area contributed by atoms with E-state index in [0.29, 0.717) is 0 Å². The molecule has 1 atom stereocenters. The molecule has 0 saturated heterocycles. The largest absolute Gasteiger partial charge is 0.492 e. The molecule has 14 heavy (non-hydrogen) atoms. The van der Waals surface area contributed by atoms with E-state index < -0.39 is 0 Å². The Morgan fingerprint density at radius 3 is 2.71 bits per heavy atom. The van der Waals surface area contributed by atoms with Gasteiger partial charge in [0.1, 0.15) is 5.75 Å². The highest BCUT2D eigenvalue weighted by Gasteiger charge is 2.04. The van der Waals surface area contributed by atoms with E-state index in [1.807, 2.05) is 25.1 Å². The van der Waals surface area contributed by atoms with Gasteiger partial charge >= 0.3 is 0 Å². The van der Waals surface area contributed by atoms with Gasteiger partial charge in [-0.2, -0.15) is 0 Å². The molecule has 0 aliphatic heterocycles. The summed E-state index contributed by atoms with van der Waals surface area (Å²) < 4.78 is 6.51. The fourth-order valence-corrected chi connectivity index (χ4v) is 1.64. The first-order chi connectivity index (χ1) is 6.65. The Morgan fingerprint density at radius 1 is 1.50 bits per heavy atom. The number of halogens is 1. The van der Waals surface area contributed by atoms with E-state index in [-0.39, 0.29) is 6.04 Å². The molecule has 0 heterocycles. The fourth-order valence-electron chi connectivity index (χ4n) is 1.13. The normalized spacial score (nSPS) is 12.6. The van der Waals surface area contributed by atoms with Crippen molar-refractivity contribution in [1.29, 1.82) is 0 Å². The lowest BCUT2D eigenvalue weighted by atomic mass is 10.1. The first-order valence-electron chi connectivity index (χ1n) is 4.83. The summed E-state index contributed by atoms with van der Waals surface area (Å²) in [6.45, 7) is 4.80. The maximum Gasteiger partial charge on any atom is 0.133 e. The standard InChI is InChI=1S/C11H16BrNO/c1-3-6-14-11-5-4-9(8(2)13)7-10(11)12/h4-5,7-8H,3,6,13H2,1-2H3/t8-/m1/s1. The van der Waals surface area contributed by atoms with E-state index in [1.54, 1.807) is 0 Å². The van der Waals surface area contributed by atoms with Crippen molar-refractivity contribution in [3.63, 3.8) is 0 Å². The molecule has 0 saturated carbocycles. The van der Waals surface area contributed by atoms with Gasteiger partial charge in [-0.05, 0) is 47.0 Å². The third-order valence-electron chi connectivity index (χ3n) is 1.94. The van der Waals surface area contributed by atoms with Crippen molar-refractivity contribution in [3.8, 4) is 5.75 Å². The predicted molar refractivity (Wildman–Crippen MR) is 62.5 cm³/mol. The van der Waals surface area contributed by atoms with E-state index in [0.717, 1.165) is 28.8 Å². The van der Waals surface area contributed by atoms with E-state index in [2.05, 4.69) is 22.9 Å². The molecule has 0 bridgehead atoms. The van der Waals surface area contributed by atoms with Crippen LogP contribution in [0.2, 0.25) is 0 Å². The van der Waals surface area contributed by atoms with Gasteiger partial charge < -0.3 is 10.5 Å². The summed E-state index contributed by atoms with van der Waals surface area (Å²) >= 11 is 3.47. The summed E-state index contributed by atoms with van der Waals surface area (Å²) in [6, 6.07) is 6.03. The van der Waals surface area contributed by atoms with Gasteiger partial charge in [-0.1, -0.05) is 13.0 Å². The maximum absolute atomic E-state index is 5.77. The zero-order valence-electron chi connectivity index (χ0n) is 8.59. The van der Waals surface area contributed by atoms with Crippen LogP contribution in [-0.4, -0.2) is 6.61 Å². The van der Waals surface area contributed by atoms with Crippen LogP contribution in [-0.2, 0) is 0 Å². The Hall–Kier alpha value is -0.540. The minimum atomic E-state index is 0.0616. The first kappa shape index (κ1) is 11.5. The number of nitrogens with two attached hydrogens (primary N) is 1. The quantitative estimate of drug-likeness (QED) is 0.899. The van der Waals surface area contributed by atoms with Crippen LogP contribution in [0.1, 0.15) is 31.9 Å². The Labute approximate surface area is 93.6 Å². The first-order valence-corrected chi connectivity index (χ1v) is 5.62. The van der Waals surface area contributed by atoms with Crippen LogP contribution >= 0.6 is 15.9 Å². The van der Waals surface area contributed by atoms with Gasteiger partial charge in [0.25, 0.3) is 0 Å². The summed E-state index contributed by atoms with van der Waals surface area (Å²) in [7, 11) is 0. The second kappa shape index (κ2) is 5.37. The molecule has 1 rings (SSSR count). The van der Waals surface area contributed by atoms with Gasteiger partial charge in [0.15, 0.2) is 0 Å². The molecular formula is C11H16BrNO. The van der Waals surface area contributed by atoms with Gasteiger partial charge in [0.2, 0.25) is 0 Å². The Kier molecular flexibility index (Phi) is 4.42. The molecule has 0 spiro atoms. The number of ether oxygens (including phenoxy) is 1. The third kappa shape index (κ3) is 3.00. The summed E-state index contributed by atoms with van der Waals surface area (Å²) in [5.74, 6) is 0.885. The van der Waals surface area contributed by atoms with Gasteiger partial charge in [-0.3, -0.25) is 0 Å². The molecule has 1 aromatic rings. The lowest BCUT2D eigenvalue weighted by molar-refractivity contribution is 0.315. The van der Waals surface area contributed by atoms with Crippen molar-refractivity contribution < 1.29 is 4.74 Å². The van der Waals surface area contributed by atoms with Crippen molar-refractivity contribution in [2.24, 2.45) is 5.73 Å². The van der Waals surface area contributed by atoms with Crippen LogP contribution in [0.25, 0.3) is 0 Å². The highest BCUT2D eigenvalue weighted by Crippen LogP contribution is 2.27. The molecule has 0 amide bonds. The average Bonchev–Trinajstić information content (AvgIpc) is 2.15. The highest BCUT2D eigenvalue weighted by atomic mass is 79.9. The van der Waals surface area contributed by atoms with Crippen LogP contribution in [0.4, 0.5) is 0 Å². The van der Waals surface area contributed by atoms with Gasteiger partial charge in [0, 0.05) is 6.04 Å². The van der Waals surface area contributed by atoms with Crippen LogP contribution in [0.3, 0.4) is 0 Å². The Balaban J connectivity index is 2.79. The average molecular weight is 258 g/mol. The van der Waals surface area contributed by atoms with Crippen molar-refractivity contribution in [1.82, 2.24) is 0 Å². The number of hydrogen-bond acceptors (Lipinski definition) is 2. The highest BCUT2D eigenvalue weighted by molar-refractivity contribution is 9.10. The molecule has 0 aliphatic rings. The summed E-state index contributed by atoms with van der Waals surface area (Å²) in [5.41, 5.74) is 6.88. The zero-order chi connectivity index (χ0) is 10.6. The minimum absolute atomic E-state index is 0.0616.